The van der Waals surface area contributed by atoms with Crippen LogP contribution in [-0.2, 0) is 9.59 Å². The summed E-state index contributed by atoms with van der Waals surface area (Å²) >= 11 is 11.0. The van der Waals surface area contributed by atoms with Gasteiger partial charge in [-0.1, -0.05) is 39.7 Å². The number of ketones is 1. The number of carbonyl (C=O) groups excluding carboxylic acids is 2. The van der Waals surface area contributed by atoms with Crippen molar-refractivity contribution in [1.82, 2.24) is 0 Å². The third kappa shape index (κ3) is 3.49. The predicted molar refractivity (Wildman–Crippen MR) is 124 cm³/mol. The zero-order valence-corrected chi connectivity index (χ0v) is 19.3. The van der Waals surface area contributed by atoms with Gasteiger partial charge in [-0.25, -0.2) is 0 Å². The first-order chi connectivity index (χ1) is 14.3. The molecule has 1 aliphatic heterocycles. The van der Waals surface area contributed by atoms with Gasteiger partial charge >= 0.3 is 0 Å². The van der Waals surface area contributed by atoms with Gasteiger partial charge in [-0.05, 0) is 66.8 Å². The molecule has 1 unspecified atom stereocenters. The second-order valence-corrected chi connectivity index (χ2v) is 9.35. The maximum atomic E-state index is 13.1. The van der Waals surface area contributed by atoms with Crippen molar-refractivity contribution in [2.75, 3.05) is 4.90 Å². The molecule has 0 saturated carbocycles. The summed E-state index contributed by atoms with van der Waals surface area (Å²) in [6.07, 6.45) is 0. The third-order valence-corrected chi connectivity index (χ3v) is 7.16. The molecule has 4 rings (SSSR count). The lowest BCUT2D eigenvalue weighted by molar-refractivity contribution is -0.132. The molecule has 1 amide bonds. The molecule has 0 spiro atoms. The topological polar surface area (TPSA) is 57.6 Å². The van der Waals surface area contributed by atoms with Gasteiger partial charge in [0.05, 0.1) is 5.57 Å². The highest BCUT2D eigenvalue weighted by molar-refractivity contribution is 9.10. The van der Waals surface area contributed by atoms with E-state index < -0.39 is 17.7 Å². The van der Waals surface area contributed by atoms with E-state index in [0.29, 0.717) is 16.3 Å². The van der Waals surface area contributed by atoms with Gasteiger partial charge < -0.3 is 5.11 Å². The van der Waals surface area contributed by atoms with Crippen molar-refractivity contribution in [2.45, 2.75) is 19.9 Å². The average molecular weight is 503 g/mol. The largest absolute Gasteiger partial charge is 0.507 e. The Morgan fingerprint density at radius 3 is 2.50 bits per heavy atom. The van der Waals surface area contributed by atoms with Gasteiger partial charge in [0.2, 0.25) is 0 Å². The van der Waals surface area contributed by atoms with Crippen LogP contribution in [0.1, 0.15) is 27.6 Å². The molecule has 0 radical (unpaired) electrons. The first-order valence-corrected chi connectivity index (χ1v) is 11.2. The molecule has 0 bridgehead atoms. The Morgan fingerprint density at radius 1 is 1.10 bits per heavy atom. The summed E-state index contributed by atoms with van der Waals surface area (Å²) in [6.45, 7) is 3.73. The first kappa shape index (κ1) is 20.8. The number of carbonyl (C=O) groups is 2. The minimum atomic E-state index is -0.714. The van der Waals surface area contributed by atoms with Crippen LogP contribution in [0, 0.1) is 13.8 Å². The lowest BCUT2D eigenvalue weighted by Crippen LogP contribution is -2.29. The van der Waals surface area contributed by atoms with Gasteiger partial charge in [-0.2, -0.15) is 0 Å². The molecular formula is C23H17BrClNO3S. The molecule has 30 heavy (non-hydrogen) atoms. The summed E-state index contributed by atoms with van der Waals surface area (Å²) in [4.78, 5) is 28.5. The van der Waals surface area contributed by atoms with Gasteiger partial charge in [0.1, 0.15) is 11.8 Å². The van der Waals surface area contributed by atoms with Crippen LogP contribution in [0.25, 0.3) is 5.76 Å². The lowest BCUT2D eigenvalue weighted by Gasteiger charge is -2.25. The maximum absolute atomic E-state index is 13.1. The van der Waals surface area contributed by atoms with Crippen molar-refractivity contribution in [1.29, 1.82) is 0 Å². The lowest BCUT2D eigenvalue weighted by atomic mass is 9.98. The Morgan fingerprint density at radius 2 is 1.87 bits per heavy atom. The van der Waals surface area contributed by atoms with E-state index in [4.69, 9.17) is 11.6 Å². The Balaban J connectivity index is 1.95. The number of halogens is 2. The van der Waals surface area contributed by atoms with Gasteiger partial charge in [-0.15, -0.1) is 11.3 Å². The molecule has 152 valence electrons. The summed E-state index contributed by atoms with van der Waals surface area (Å²) < 4.78 is 0.895. The van der Waals surface area contributed by atoms with Crippen molar-refractivity contribution in [2.24, 2.45) is 0 Å². The smallest absolute Gasteiger partial charge is 0.300 e. The summed E-state index contributed by atoms with van der Waals surface area (Å²) in [5.41, 5.74) is 2.84. The molecule has 0 aliphatic carbocycles. The van der Waals surface area contributed by atoms with Crippen molar-refractivity contribution < 1.29 is 14.7 Å². The van der Waals surface area contributed by atoms with Gasteiger partial charge in [0, 0.05) is 25.6 Å². The standard InChI is InChI=1S/C23H17BrClNO3S/c1-12-10-14(5-7-16(12)24)21(27)19-20(18-4-3-9-30-18)26(23(29)22(19)28)17-8-6-15(25)11-13(17)2/h3-11,20,27H,1-2H3/b21-19-. The van der Waals surface area contributed by atoms with E-state index in [2.05, 4.69) is 15.9 Å². The van der Waals surface area contributed by atoms with Crippen LogP contribution in [0.15, 0.2) is 64.0 Å². The fraction of sp³-hybridized carbons (Fsp3) is 0.130. The fourth-order valence-electron chi connectivity index (χ4n) is 3.63. The molecule has 1 aliphatic rings. The zero-order chi connectivity index (χ0) is 21.6. The van der Waals surface area contributed by atoms with E-state index in [9.17, 15) is 14.7 Å². The molecule has 2 heterocycles. The van der Waals surface area contributed by atoms with E-state index in [-0.39, 0.29) is 11.3 Å². The highest BCUT2D eigenvalue weighted by atomic mass is 79.9. The molecule has 1 saturated heterocycles. The zero-order valence-electron chi connectivity index (χ0n) is 16.1. The number of benzene rings is 2. The number of aliphatic hydroxyl groups excluding tert-OH is 1. The monoisotopic (exact) mass is 501 g/mol. The summed E-state index contributed by atoms with van der Waals surface area (Å²) in [7, 11) is 0. The number of aryl methyl sites for hydroxylation is 2. The Kier molecular flexibility index (Phi) is 5.57. The summed E-state index contributed by atoms with van der Waals surface area (Å²) in [6, 6.07) is 13.5. The fourth-order valence-corrected chi connectivity index (χ4v) is 4.93. The highest BCUT2D eigenvalue weighted by Gasteiger charge is 2.47. The van der Waals surface area contributed by atoms with E-state index in [0.717, 1.165) is 20.5 Å². The van der Waals surface area contributed by atoms with Gasteiger partial charge in [0.25, 0.3) is 11.7 Å². The molecule has 3 aromatic rings. The van der Waals surface area contributed by atoms with Gasteiger partial charge in [-0.3, -0.25) is 14.5 Å². The number of amides is 1. The van der Waals surface area contributed by atoms with E-state index >= 15 is 0 Å². The van der Waals surface area contributed by atoms with Crippen LogP contribution >= 0.6 is 38.9 Å². The van der Waals surface area contributed by atoms with E-state index in [1.54, 1.807) is 30.3 Å². The highest BCUT2D eigenvalue weighted by Crippen LogP contribution is 2.44. The minimum absolute atomic E-state index is 0.0820. The van der Waals surface area contributed by atoms with Crippen LogP contribution < -0.4 is 4.90 Å². The van der Waals surface area contributed by atoms with Crippen LogP contribution in [0.3, 0.4) is 0 Å². The second kappa shape index (κ2) is 8.02. The van der Waals surface area contributed by atoms with Crippen LogP contribution in [0.5, 0.6) is 0 Å². The summed E-state index contributed by atoms with van der Waals surface area (Å²) in [5.74, 6) is -1.56. The van der Waals surface area contributed by atoms with Crippen molar-refractivity contribution >= 4 is 62.0 Å². The Bertz CT molecular complexity index is 1200. The molecule has 1 aromatic heterocycles. The number of nitrogens with zero attached hydrogens (tertiary/aromatic N) is 1. The molecule has 4 nitrogen and oxygen atoms in total. The molecular weight excluding hydrogens is 486 g/mol. The Labute approximate surface area is 191 Å². The van der Waals surface area contributed by atoms with Crippen molar-refractivity contribution in [3.63, 3.8) is 0 Å². The maximum Gasteiger partial charge on any atom is 0.300 e. The molecule has 1 N–H and O–H groups in total. The number of anilines is 1. The first-order valence-electron chi connectivity index (χ1n) is 9.16. The van der Waals surface area contributed by atoms with E-state index in [1.165, 1.54) is 16.2 Å². The minimum Gasteiger partial charge on any atom is -0.507 e. The number of rotatable bonds is 3. The van der Waals surface area contributed by atoms with Crippen LogP contribution in [0.2, 0.25) is 5.02 Å². The summed E-state index contributed by atoms with van der Waals surface area (Å²) in [5, 5.41) is 13.5. The van der Waals surface area contributed by atoms with Crippen molar-refractivity contribution in [3.05, 3.63) is 90.5 Å². The average Bonchev–Trinajstić information content (AvgIpc) is 3.31. The van der Waals surface area contributed by atoms with Crippen LogP contribution in [0.4, 0.5) is 5.69 Å². The number of hydrogen-bond acceptors (Lipinski definition) is 4. The number of hydrogen-bond donors (Lipinski definition) is 1. The molecule has 7 heteroatoms. The third-order valence-electron chi connectivity index (χ3n) is 5.11. The predicted octanol–water partition coefficient (Wildman–Crippen LogP) is 6.41. The Hall–Kier alpha value is -2.41. The van der Waals surface area contributed by atoms with Crippen molar-refractivity contribution in [3.8, 4) is 0 Å². The number of aliphatic hydroxyl groups is 1. The van der Waals surface area contributed by atoms with Gasteiger partial charge in [0.15, 0.2) is 0 Å². The number of thiophene rings is 1. The quantitative estimate of drug-likeness (QED) is 0.256. The van der Waals surface area contributed by atoms with Crippen LogP contribution in [-0.4, -0.2) is 16.8 Å². The molecule has 1 fully saturated rings. The normalized spacial score (nSPS) is 18.3. The van der Waals surface area contributed by atoms with E-state index in [1.807, 2.05) is 37.4 Å². The molecule has 1 atom stereocenters. The number of Topliss-reactive ketones (excluding diaryl/α,β-unsaturated/α-hetero) is 1. The molecule has 2 aromatic carbocycles. The second-order valence-electron chi connectivity index (χ2n) is 7.08. The SMILES string of the molecule is Cc1cc(/C(O)=C2/C(=O)C(=O)N(c3ccc(Cl)cc3C)C2c2cccs2)ccc1Br.